The molecule has 4 heteroatoms. The Morgan fingerprint density at radius 2 is 2.00 bits per heavy atom. The molecule has 1 aromatic carbocycles. The molecule has 4 nitrogen and oxygen atoms in total. The summed E-state index contributed by atoms with van der Waals surface area (Å²) in [5.74, 6) is -0.944. The Kier molecular flexibility index (Phi) is 4.05. The molecule has 0 aliphatic carbocycles. The molecule has 0 radical (unpaired) electrons. The van der Waals surface area contributed by atoms with Crippen molar-refractivity contribution in [1.29, 1.82) is 0 Å². The first-order valence-electron chi connectivity index (χ1n) is 5.06. The highest BCUT2D eigenvalue weighted by Crippen LogP contribution is 2.14. The highest BCUT2D eigenvalue weighted by Gasteiger charge is 2.19. The lowest BCUT2D eigenvalue weighted by Crippen LogP contribution is -2.24. The van der Waals surface area contributed by atoms with Crippen LogP contribution in [0, 0.1) is 5.92 Å². The minimum Gasteiger partial charge on any atom is -0.507 e. The quantitative estimate of drug-likeness (QED) is 0.763. The van der Waals surface area contributed by atoms with E-state index in [4.69, 9.17) is 5.11 Å². The van der Waals surface area contributed by atoms with Crippen LogP contribution in [0.3, 0.4) is 0 Å². The molecule has 0 saturated carbocycles. The summed E-state index contributed by atoms with van der Waals surface area (Å²) < 4.78 is 0. The number of rotatable bonds is 4. The average molecular weight is 221 g/mol. The van der Waals surface area contributed by atoms with Crippen molar-refractivity contribution < 1.29 is 15.0 Å². The van der Waals surface area contributed by atoms with E-state index in [9.17, 15) is 9.90 Å². The molecule has 0 bridgehead atoms. The SMILES string of the molecule is CC(C)[C@@H](/N=C/c1ccccc1O)C(=O)O. The van der Waals surface area contributed by atoms with Gasteiger partial charge in [-0.25, -0.2) is 4.79 Å². The van der Waals surface area contributed by atoms with Crippen molar-refractivity contribution in [3.8, 4) is 5.75 Å². The molecule has 16 heavy (non-hydrogen) atoms. The summed E-state index contributed by atoms with van der Waals surface area (Å²) in [5, 5.41) is 18.4. The maximum atomic E-state index is 10.9. The van der Waals surface area contributed by atoms with Gasteiger partial charge >= 0.3 is 5.97 Å². The first-order chi connectivity index (χ1) is 7.52. The second-order valence-electron chi connectivity index (χ2n) is 3.86. The number of hydrogen-bond donors (Lipinski definition) is 2. The summed E-state index contributed by atoms with van der Waals surface area (Å²) in [7, 11) is 0. The monoisotopic (exact) mass is 221 g/mol. The van der Waals surface area contributed by atoms with Gasteiger partial charge in [-0.2, -0.15) is 0 Å². The molecule has 0 saturated heterocycles. The molecule has 0 unspecified atom stereocenters. The Morgan fingerprint density at radius 1 is 1.38 bits per heavy atom. The van der Waals surface area contributed by atoms with Crippen molar-refractivity contribution in [3.05, 3.63) is 29.8 Å². The van der Waals surface area contributed by atoms with Gasteiger partial charge in [0.15, 0.2) is 0 Å². The van der Waals surface area contributed by atoms with Crippen molar-refractivity contribution in [1.82, 2.24) is 0 Å². The lowest BCUT2D eigenvalue weighted by molar-refractivity contribution is -0.139. The molecular weight excluding hydrogens is 206 g/mol. The lowest BCUT2D eigenvalue weighted by Gasteiger charge is -2.10. The van der Waals surface area contributed by atoms with E-state index < -0.39 is 12.0 Å². The molecular formula is C12H15NO3. The maximum Gasteiger partial charge on any atom is 0.328 e. The molecule has 0 heterocycles. The zero-order valence-corrected chi connectivity index (χ0v) is 9.29. The fourth-order valence-electron chi connectivity index (χ4n) is 1.28. The van der Waals surface area contributed by atoms with Crippen LogP contribution < -0.4 is 0 Å². The van der Waals surface area contributed by atoms with E-state index in [1.165, 1.54) is 12.3 Å². The largest absolute Gasteiger partial charge is 0.507 e. The van der Waals surface area contributed by atoms with Gasteiger partial charge in [0.25, 0.3) is 0 Å². The average Bonchev–Trinajstić information content (AvgIpc) is 2.20. The van der Waals surface area contributed by atoms with Gasteiger partial charge in [0.05, 0.1) is 0 Å². The van der Waals surface area contributed by atoms with E-state index in [0.717, 1.165) is 0 Å². The third-order valence-corrected chi connectivity index (χ3v) is 2.20. The third-order valence-electron chi connectivity index (χ3n) is 2.20. The Morgan fingerprint density at radius 3 is 2.50 bits per heavy atom. The summed E-state index contributed by atoms with van der Waals surface area (Å²) in [6.07, 6.45) is 1.40. The molecule has 2 N–H and O–H groups in total. The van der Waals surface area contributed by atoms with Crippen LogP contribution in [0.1, 0.15) is 19.4 Å². The highest BCUT2D eigenvalue weighted by molar-refractivity contribution is 5.86. The molecule has 0 aliphatic heterocycles. The Hall–Kier alpha value is -1.84. The Balaban J connectivity index is 2.87. The molecule has 0 spiro atoms. The smallest absolute Gasteiger partial charge is 0.328 e. The number of phenols is 1. The van der Waals surface area contributed by atoms with Gasteiger partial charge in [-0.15, -0.1) is 0 Å². The number of benzene rings is 1. The summed E-state index contributed by atoms with van der Waals surface area (Å²) in [5.41, 5.74) is 0.523. The fraction of sp³-hybridized carbons (Fsp3) is 0.333. The van der Waals surface area contributed by atoms with Gasteiger partial charge in [0, 0.05) is 11.8 Å². The second-order valence-corrected chi connectivity index (χ2v) is 3.86. The third kappa shape index (κ3) is 3.08. The summed E-state index contributed by atoms with van der Waals surface area (Å²) >= 11 is 0. The van der Waals surface area contributed by atoms with Gasteiger partial charge in [0.2, 0.25) is 0 Å². The van der Waals surface area contributed by atoms with E-state index in [1.54, 1.807) is 32.0 Å². The van der Waals surface area contributed by atoms with Crippen molar-refractivity contribution in [3.63, 3.8) is 0 Å². The number of aliphatic carboxylic acids is 1. The van der Waals surface area contributed by atoms with Crippen LogP contribution in [0.2, 0.25) is 0 Å². The topological polar surface area (TPSA) is 69.9 Å². The molecule has 1 rings (SSSR count). The first-order valence-corrected chi connectivity index (χ1v) is 5.06. The molecule has 0 fully saturated rings. The zero-order valence-electron chi connectivity index (χ0n) is 9.29. The molecule has 1 atom stereocenters. The maximum absolute atomic E-state index is 10.9. The van der Waals surface area contributed by atoms with Crippen LogP contribution in [-0.4, -0.2) is 28.4 Å². The minimum absolute atomic E-state index is 0.0837. The molecule has 0 amide bonds. The number of phenolic OH excluding ortho intramolecular Hbond substituents is 1. The standard InChI is InChI=1S/C12H15NO3/c1-8(2)11(12(15)16)13-7-9-5-3-4-6-10(9)14/h3-8,11,14H,1-2H3,(H,15,16)/b13-7+/t11-/m1/s1. The van der Waals surface area contributed by atoms with Gasteiger partial charge in [0.1, 0.15) is 11.8 Å². The van der Waals surface area contributed by atoms with Crippen LogP contribution in [0.4, 0.5) is 0 Å². The van der Waals surface area contributed by atoms with Crippen molar-refractivity contribution in [2.75, 3.05) is 0 Å². The summed E-state index contributed by atoms with van der Waals surface area (Å²) in [6, 6.07) is 5.89. The summed E-state index contributed by atoms with van der Waals surface area (Å²) in [6.45, 7) is 3.59. The number of carboxylic acids is 1. The van der Waals surface area contributed by atoms with Crippen LogP contribution in [0.5, 0.6) is 5.75 Å². The number of aromatic hydroxyl groups is 1. The van der Waals surface area contributed by atoms with E-state index >= 15 is 0 Å². The van der Waals surface area contributed by atoms with E-state index in [2.05, 4.69) is 4.99 Å². The number of carboxylic acid groups (broad SMARTS) is 1. The Labute approximate surface area is 94.3 Å². The number of aliphatic imine (C=N–C) groups is 1. The number of carbonyl (C=O) groups is 1. The van der Waals surface area contributed by atoms with Gasteiger partial charge in [-0.1, -0.05) is 26.0 Å². The number of para-hydroxylation sites is 1. The van der Waals surface area contributed by atoms with Crippen LogP contribution >= 0.6 is 0 Å². The normalized spacial score (nSPS) is 13.2. The predicted molar refractivity (Wildman–Crippen MR) is 62.0 cm³/mol. The molecule has 86 valence electrons. The first kappa shape index (κ1) is 12.2. The lowest BCUT2D eigenvalue weighted by atomic mass is 10.1. The van der Waals surface area contributed by atoms with Gasteiger partial charge < -0.3 is 10.2 Å². The van der Waals surface area contributed by atoms with Crippen LogP contribution in [0.15, 0.2) is 29.3 Å². The molecule has 0 aliphatic rings. The predicted octanol–water partition coefficient (Wildman–Crippen LogP) is 1.92. The van der Waals surface area contributed by atoms with E-state index in [1.807, 2.05) is 0 Å². The molecule has 1 aromatic rings. The zero-order chi connectivity index (χ0) is 12.1. The van der Waals surface area contributed by atoms with Crippen LogP contribution in [0.25, 0.3) is 0 Å². The van der Waals surface area contributed by atoms with Crippen molar-refractivity contribution >= 4 is 12.2 Å². The van der Waals surface area contributed by atoms with E-state index in [0.29, 0.717) is 5.56 Å². The van der Waals surface area contributed by atoms with E-state index in [-0.39, 0.29) is 11.7 Å². The Bertz CT molecular complexity index is 399. The summed E-state index contributed by atoms with van der Waals surface area (Å²) in [4.78, 5) is 14.8. The van der Waals surface area contributed by atoms with Crippen LogP contribution in [-0.2, 0) is 4.79 Å². The van der Waals surface area contributed by atoms with Gasteiger partial charge in [-0.3, -0.25) is 4.99 Å². The second kappa shape index (κ2) is 5.30. The fourth-order valence-corrected chi connectivity index (χ4v) is 1.28. The van der Waals surface area contributed by atoms with Gasteiger partial charge in [-0.05, 0) is 18.1 Å². The highest BCUT2D eigenvalue weighted by atomic mass is 16.4. The number of nitrogens with zero attached hydrogens (tertiary/aromatic N) is 1. The van der Waals surface area contributed by atoms with Crippen molar-refractivity contribution in [2.45, 2.75) is 19.9 Å². The van der Waals surface area contributed by atoms with Crippen molar-refractivity contribution in [2.24, 2.45) is 10.9 Å². The molecule has 0 aromatic heterocycles. The number of hydrogen-bond acceptors (Lipinski definition) is 3. The minimum atomic E-state index is -0.957.